The number of benzene rings is 2. The third-order valence-electron chi connectivity index (χ3n) is 4.18. The van der Waals surface area contributed by atoms with Gasteiger partial charge in [0.2, 0.25) is 5.91 Å². The molecule has 1 aliphatic rings. The van der Waals surface area contributed by atoms with Crippen LogP contribution in [0.15, 0.2) is 54.6 Å². The van der Waals surface area contributed by atoms with Crippen molar-refractivity contribution in [2.75, 3.05) is 11.4 Å². The van der Waals surface area contributed by atoms with Crippen LogP contribution >= 0.6 is 0 Å². The van der Waals surface area contributed by atoms with Crippen molar-refractivity contribution in [2.24, 2.45) is 5.73 Å². The normalized spacial score (nSPS) is 18.5. The van der Waals surface area contributed by atoms with Gasteiger partial charge in [-0.05, 0) is 43.0 Å². The molecule has 0 bridgehead atoms. The zero-order chi connectivity index (χ0) is 14.7. The summed E-state index contributed by atoms with van der Waals surface area (Å²) in [5.74, 6) is -0.343. The van der Waals surface area contributed by atoms with Crippen LogP contribution in [0.4, 0.5) is 5.69 Å². The fraction of sp³-hybridized carbons (Fsp3) is 0.278. The quantitative estimate of drug-likeness (QED) is 0.935. The van der Waals surface area contributed by atoms with Crippen molar-refractivity contribution >= 4 is 11.6 Å². The second-order valence-electron chi connectivity index (χ2n) is 5.49. The van der Waals surface area contributed by atoms with Crippen molar-refractivity contribution in [1.29, 1.82) is 0 Å². The van der Waals surface area contributed by atoms with Crippen molar-refractivity contribution in [3.05, 3.63) is 65.7 Å². The van der Waals surface area contributed by atoms with E-state index in [1.165, 1.54) is 18.5 Å². The molecule has 3 heteroatoms. The molecule has 1 unspecified atom stereocenters. The number of para-hydroxylation sites is 1. The smallest absolute Gasteiger partial charge is 0.249 e. The Hall–Kier alpha value is -2.29. The predicted octanol–water partition coefficient (Wildman–Crippen LogP) is 3.52. The Morgan fingerprint density at radius 2 is 1.71 bits per heavy atom. The van der Waals surface area contributed by atoms with Crippen molar-refractivity contribution in [1.82, 2.24) is 0 Å². The second-order valence-corrected chi connectivity index (χ2v) is 5.49. The second kappa shape index (κ2) is 6.00. The SMILES string of the molecule is NC(=O)c1ccccc1C1CCCCN1c1ccccc1. The van der Waals surface area contributed by atoms with Gasteiger partial charge in [0.25, 0.3) is 0 Å². The van der Waals surface area contributed by atoms with Gasteiger partial charge >= 0.3 is 0 Å². The molecule has 1 aliphatic heterocycles. The lowest BCUT2D eigenvalue weighted by Gasteiger charge is -2.38. The number of nitrogens with two attached hydrogens (primary N) is 1. The zero-order valence-electron chi connectivity index (χ0n) is 12.0. The van der Waals surface area contributed by atoms with Gasteiger partial charge in [-0.2, -0.15) is 0 Å². The number of carbonyl (C=O) groups is 1. The predicted molar refractivity (Wildman–Crippen MR) is 85.3 cm³/mol. The molecule has 0 saturated carbocycles. The van der Waals surface area contributed by atoms with E-state index < -0.39 is 0 Å². The lowest BCUT2D eigenvalue weighted by Crippen LogP contribution is -2.34. The molecule has 1 amide bonds. The number of anilines is 1. The Kier molecular flexibility index (Phi) is 3.91. The van der Waals surface area contributed by atoms with Gasteiger partial charge in [0.05, 0.1) is 6.04 Å². The van der Waals surface area contributed by atoms with Crippen LogP contribution in [0, 0.1) is 0 Å². The number of piperidine rings is 1. The highest BCUT2D eigenvalue weighted by Crippen LogP contribution is 2.36. The van der Waals surface area contributed by atoms with Gasteiger partial charge in [-0.3, -0.25) is 4.79 Å². The molecular weight excluding hydrogens is 260 g/mol. The van der Waals surface area contributed by atoms with Gasteiger partial charge in [0, 0.05) is 17.8 Å². The summed E-state index contributed by atoms with van der Waals surface area (Å²) >= 11 is 0. The van der Waals surface area contributed by atoms with Gasteiger partial charge in [-0.1, -0.05) is 36.4 Å². The standard InChI is InChI=1S/C18H20N2O/c19-18(21)16-11-5-4-10-15(16)17-12-6-7-13-20(17)14-8-2-1-3-9-14/h1-5,8-11,17H,6-7,12-13H2,(H2,19,21). The first-order chi connectivity index (χ1) is 10.3. The van der Waals surface area contributed by atoms with E-state index in [9.17, 15) is 4.79 Å². The molecule has 1 saturated heterocycles. The summed E-state index contributed by atoms with van der Waals surface area (Å²) < 4.78 is 0. The number of hydrogen-bond donors (Lipinski definition) is 1. The van der Waals surface area contributed by atoms with Crippen LogP contribution < -0.4 is 10.6 Å². The summed E-state index contributed by atoms with van der Waals surface area (Å²) in [6, 6.07) is 18.4. The van der Waals surface area contributed by atoms with Crippen molar-refractivity contribution in [3.8, 4) is 0 Å². The molecule has 3 nitrogen and oxygen atoms in total. The van der Waals surface area contributed by atoms with Crippen LogP contribution in [-0.2, 0) is 0 Å². The maximum atomic E-state index is 11.7. The highest BCUT2D eigenvalue weighted by atomic mass is 16.1. The molecule has 21 heavy (non-hydrogen) atoms. The van der Waals surface area contributed by atoms with E-state index in [1.807, 2.05) is 30.3 Å². The monoisotopic (exact) mass is 280 g/mol. The third kappa shape index (κ3) is 2.77. The Morgan fingerprint density at radius 1 is 1.00 bits per heavy atom. The van der Waals surface area contributed by atoms with Gasteiger partial charge in [0.1, 0.15) is 0 Å². The highest BCUT2D eigenvalue weighted by Gasteiger charge is 2.26. The van der Waals surface area contributed by atoms with Crippen molar-refractivity contribution < 1.29 is 4.79 Å². The van der Waals surface area contributed by atoms with E-state index in [-0.39, 0.29) is 11.9 Å². The lowest BCUT2D eigenvalue weighted by molar-refractivity contribution is 0.0998. The highest BCUT2D eigenvalue weighted by molar-refractivity contribution is 5.94. The first-order valence-electron chi connectivity index (χ1n) is 7.48. The maximum absolute atomic E-state index is 11.7. The summed E-state index contributed by atoms with van der Waals surface area (Å²) in [5, 5.41) is 0. The number of primary amides is 1. The molecule has 2 aromatic carbocycles. The molecule has 1 heterocycles. The first-order valence-corrected chi connectivity index (χ1v) is 7.48. The number of rotatable bonds is 3. The molecular formula is C18H20N2O. The van der Waals surface area contributed by atoms with Gasteiger partial charge in [-0.15, -0.1) is 0 Å². The van der Waals surface area contributed by atoms with Crippen LogP contribution in [0.2, 0.25) is 0 Å². The Balaban J connectivity index is 2.01. The van der Waals surface area contributed by atoms with Crippen LogP contribution in [0.3, 0.4) is 0 Å². The summed E-state index contributed by atoms with van der Waals surface area (Å²) in [6.45, 7) is 1.02. The summed E-state index contributed by atoms with van der Waals surface area (Å²) in [6.07, 6.45) is 3.42. The number of amides is 1. The lowest BCUT2D eigenvalue weighted by atomic mass is 9.91. The van der Waals surface area contributed by atoms with Crippen molar-refractivity contribution in [2.45, 2.75) is 25.3 Å². The molecule has 0 aliphatic carbocycles. The minimum atomic E-state index is -0.343. The molecule has 0 spiro atoms. The minimum absolute atomic E-state index is 0.227. The fourth-order valence-corrected chi connectivity index (χ4v) is 3.20. The summed E-state index contributed by atoms with van der Waals surface area (Å²) in [5.41, 5.74) is 8.45. The molecule has 0 radical (unpaired) electrons. The summed E-state index contributed by atoms with van der Waals surface area (Å²) in [7, 11) is 0. The van der Waals surface area contributed by atoms with E-state index in [1.54, 1.807) is 0 Å². The van der Waals surface area contributed by atoms with Crippen molar-refractivity contribution in [3.63, 3.8) is 0 Å². The average molecular weight is 280 g/mol. The van der Waals surface area contributed by atoms with E-state index in [0.717, 1.165) is 18.5 Å². The van der Waals surface area contributed by atoms with Crippen LogP contribution in [0.1, 0.15) is 41.2 Å². The van der Waals surface area contributed by atoms with Crippen LogP contribution in [0.25, 0.3) is 0 Å². The third-order valence-corrected chi connectivity index (χ3v) is 4.18. The summed E-state index contributed by atoms with van der Waals surface area (Å²) in [4.78, 5) is 14.1. The van der Waals surface area contributed by atoms with E-state index >= 15 is 0 Å². The Labute approximate surface area is 125 Å². The average Bonchev–Trinajstić information content (AvgIpc) is 2.55. The van der Waals surface area contributed by atoms with E-state index in [0.29, 0.717) is 5.56 Å². The molecule has 1 atom stereocenters. The van der Waals surface area contributed by atoms with Crippen LogP contribution in [-0.4, -0.2) is 12.5 Å². The molecule has 0 aromatic heterocycles. The minimum Gasteiger partial charge on any atom is -0.366 e. The number of carbonyl (C=O) groups excluding carboxylic acids is 1. The molecule has 108 valence electrons. The fourth-order valence-electron chi connectivity index (χ4n) is 3.20. The van der Waals surface area contributed by atoms with E-state index in [2.05, 4.69) is 29.2 Å². The van der Waals surface area contributed by atoms with Gasteiger partial charge in [0.15, 0.2) is 0 Å². The van der Waals surface area contributed by atoms with Crippen LogP contribution in [0.5, 0.6) is 0 Å². The molecule has 2 N–H and O–H groups in total. The first kappa shape index (κ1) is 13.7. The number of hydrogen-bond acceptors (Lipinski definition) is 2. The Morgan fingerprint density at radius 3 is 2.48 bits per heavy atom. The molecule has 3 rings (SSSR count). The topological polar surface area (TPSA) is 46.3 Å². The van der Waals surface area contributed by atoms with Gasteiger partial charge < -0.3 is 10.6 Å². The molecule has 1 fully saturated rings. The maximum Gasteiger partial charge on any atom is 0.249 e. The van der Waals surface area contributed by atoms with Gasteiger partial charge in [-0.25, -0.2) is 0 Å². The zero-order valence-corrected chi connectivity index (χ0v) is 12.0. The Bertz CT molecular complexity index is 624. The number of nitrogens with zero attached hydrogens (tertiary/aromatic N) is 1. The van der Waals surface area contributed by atoms with E-state index in [4.69, 9.17) is 5.73 Å². The largest absolute Gasteiger partial charge is 0.366 e. The molecule has 2 aromatic rings.